The Hall–Kier alpha value is -0.940. The number of thiazole rings is 1. The first-order chi connectivity index (χ1) is 9.06. The predicted molar refractivity (Wildman–Crippen MR) is 78.3 cm³/mol. The molecule has 2 aliphatic rings. The van der Waals surface area contributed by atoms with E-state index in [4.69, 9.17) is 4.98 Å². The third-order valence-corrected chi connectivity index (χ3v) is 5.59. The summed E-state index contributed by atoms with van der Waals surface area (Å²) in [5.74, 6) is 0.292. The first kappa shape index (κ1) is 13.1. The van der Waals surface area contributed by atoms with Gasteiger partial charge < -0.3 is 4.90 Å². The highest BCUT2D eigenvalue weighted by Crippen LogP contribution is 2.33. The molecule has 0 amide bonds. The molecule has 1 aliphatic carbocycles. The molecule has 3 rings (SSSR count). The van der Waals surface area contributed by atoms with Gasteiger partial charge in [0.05, 0.1) is 10.6 Å². The number of piperazine rings is 1. The minimum absolute atomic E-state index is 0.292. The number of fused-ring (bicyclic) bond motifs is 1. The third kappa shape index (κ3) is 2.30. The topological polar surface area (TPSA) is 36.4 Å². The highest BCUT2D eigenvalue weighted by molar-refractivity contribution is 7.17. The quantitative estimate of drug-likeness (QED) is 0.789. The number of carbonyl (C=O) groups excluding carboxylic acids is 1. The minimum Gasteiger partial charge on any atom is -0.345 e. The predicted octanol–water partition coefficient (Wildman–Crippen LogP) is 2.19. The highest BCUT2D eigenvalue weighted by Gasteiger charge is 2.30. The van der Waals surface area contributed by atoms with Gasteiger partial charge in [0.25, 0.3) is 0 Å². The van der Waals surface area contributed by atoms with Gasteiger partial charge in [0.1, 0.15) is 0 Å². The van der Waals surface area contributed by atoms with Gasteiger partial charge >= 0.3 is 0 Å². The lowest BCUT2D eigenvalue weighted by Gasteiger charge is -2.42. The van der Waals surface area contributed by atoms with Crippen LogP contribution in [0.1, 0.15) is 42.1 Å². The van der Waals surface area contributed by atoms with Crippen LogP contribution in [0, 0.1) is 0 Å². The van der Waals surface area contributed by atoms with Gasteiger partial charge in [-0.25, -0.2) is 4.98 Å². The van der Waals surface area contributed by atoms with Crippen molar-refractivity contribution in [2.75, 3.05) is 25.0 Å². The second kappa shape index (κ2) is 4.87. The molecule has 19 heavy (non-hydrogen) atoms. The van der Waals surface area contributed by atoms with Crippen LogP contribution in [0.3, 0.4) is 0 Å². The number of Topliss-reactive ketones (excluding diaryl/α,β-unsaturated/α-hetero) is 1. The van der Waals surface area contributed by atoms with Gasteiger partial charge in [-0.1, -0.05) is 11.3 Å². The number of hydrogen-bond donors (Lipinski definition) is 0. The fourth-order valence-electron chi connectivity index (χ4n) is 2.95. The lowest BCUT2D eigenvalue weighted by Crippen LogP contribution is -2.55. The third-order valence-electron chi connectivity index (χ3n) is 4.39. The SMILES string of the molecule is CC1CN(c2nc3c(s2)C(=O)CCC3)CC(C)N1C. The fourth-order valence-corrected chi connectivity index (χ4v) is 4.05. The van der Waals surface area contributed by atoms with Crippen LogP contribution in [-0.2, 0) is 6.42 Å². The molecule has 0 saturated carbocycles. The number of ketones is 1. The summed E-state index contributed by atoms with van der Waals surface area (Å²) in [6, 6.07) is 1.06. The van der Waals surface area contributed by atoms with Crippen LogP contribution in [0.2, 0.25) is 0 Å². The van der Waals surface area contributed by atoms with Crippen molar-refractivity contribution in [3.8, 4) is 0 Å². The van der Waals surface area contributed by atoms with Crippen molar-refractivity contribution in [1.29, 1.82) is 0 Å². The van der Waals surface area contributed by atoms with Crippen molar-refractivity contribution in [3.05, 3.63) is 10.6 Å². The molecule has 0 spiro atoms. The molecular formula is C14H21N3OS. The summed E-state index contributed by atoms with van der Waals surface area (Å²) in [5, 5.41) is 1.05. The molecule has 1 fully saturated rings. The van der Waals surface area contributed by atoms with Crippen LogP contribution in [0.4, 0.5) is 5.13 Å². The molecule has 0 radical (unpaired) electrons. The molecule has 2 unspecified atom stereocenters. The normalized spacial score (nSPS) is 28.6. The van der Waals surface area contributed by atoms with Crippen LogP contribution >= 0.6 is 11.3 Å². The van der Waals surface area contributed by atoms with Crippen molar-refractivity contribution >= 4 is 22.3 Å². The van der Waals surface area contributed by atoms with E-state index in [1.165, 1.54) is 0 Å². The molecule has 4 nitrogen and oxygen atoms in total. The van der Waals surface area contributed by atoms with Crippen molar-refractivity contribution in [2.45, 2.75) is 45.2 Å². The molecule has 1 aromatic heterocycles. The van der Waals surface area contributed by atoms with Crippen molar-refractivity contribution < 1.29 is 4.79 Å². The van der Waals surface area contributed by atoms with E-state index >= 15 is 0 Å². The maximum Gasteiger partial charge on any atom is 0.186 e. The Morgan fingerprint density at radius 1 is 1.21 bits per heavy atom. The molecule has 1 aromatic rings. The van der Waals surface area contributed by atoms with Gasteiger partial charge in [0.2, 0.25) is 0 Å². The average molecular weight is 279 g/mol. The van der Waals surface area contributed by atoms with E-state index in [1.807, 2.05) is 0 Å². The maximum atomic E-state index is 11.9. The molecule has 2 heterocycles. The molecule has 0 N–H and O–H groups in total. The molecule has 1 aliphatic heterocycles. The number of carbonyl (C=O) groups is 1. The summed E-state index contributed by atoms with van der Waals surface area (Å²) in [6.07, 6.45) is 2.63. The Labute approximate surface area is 118 Å². The van der Waals surface area contributed by atoms with Gasteiger partial charge in [-0.15, -0.1) is 0 Å². The standard InChI is InChI=1S/C14H21N3OS/c1-9-7-17(8-10(2)16(9)3)14-15-11-5-4-6-12(18)13(11)19-14/h9-10H,4-8H2,1-3H3. The van der Waals surface area contributed by atoms with Crippen molar-refractivity contribution in [3.63, 3.8) is 0 Å². The largest absolute Gasteiger partial charge is 0.345 e. The zero-order valence-electron chi connectivity index (χ0n) is 11.8. The van der Waals surface area contributed by atoms with E-state index in [9.17, 15) is 4.79 Å². The molecule has 5 heteroatoms. The van der Waals surface area contributed by atoms with E-state index in [0.29, 0.717) is 24.3 Å². The monoisotopic (exact) mass is 279 g/mol. The Morgan fingerprint density at radius 2 is 1.89 bits per heavy atom. The van der Waals surface area contributed by atoms with E-state index < -0.39 is 0 Å². The molecule has 104 valence electrons. The zero-order chi connectivity index (χ0) is 13.6. The number of anilines is 1. The molecule has 0 bridgehead atoms. The number of rotatable bonds is 1. The van der Waals surface area contributed by atoms with Crippen LogP contribution in [-0.4, -0.2) is 47.9 Å². The van der Waals surface area contributed by atoms with Crippen molar-refractivity contribution in [1.82, 2.24) is 9.88 Å². The van der Waals surface area contributed by atoms with Crippen LogP contribution in [0.5, 0.6) is 0 Å². The van der Waals surface area contributed by atoms with Crippen LogP contribution < -0.4 is 4.90 Å². The summed E-state index contributed by atoms with van der Waals surface area (Å²) in [7, 11) is 2.18. The second-order valence-electron chi connectivity index (χ2n) is 5.82. The van der Waals surface area contributed by atoms with Gasteiger partial charge in [0.15, 0.2) is 10.9 Å². The number of hydrogen-bond acceptors (Lipinski definition) is 5. The summed E-state index contributed by atoms with van der Waals surface area (Å²) >= 11 is 1.60. The van der Waals surface area contributed by atoms with E-state index in [-0.39, 0.29) is 0 Å². The molecule has 0 aromatic carbocycles. The summed E-state index contributed by atoms with van der Waals surface area (Å²) < 4.78 is 0. The van der Waals surface area contributed by atoms with Crippen LogP contribution in [0.25, 0.3) is 0 Å². The van der Waals surface area contributed by atoms with Gasteiger partial charge in [-0.3, -0.25) is 9.69 Å². The lowest BCUT2D eigenvalue weighted by atomic mass is 10.0. The van der Waals surface area contributed by atoms with Gasteiger partial charge in [-0.2, -0.15) is 0 Å². The first-order valence-corrected chi connectivity index (χ1v) is 7.87. The van der Waals surface area contributed by atoms with Crippen LogP contribution in [0.15, 0.2) is 0 Å². The number of aryl methyl sites for hydroxylation is 1. The first-order valence-electron chi connectivity index (χ1n) is 7.06. The van der Waals surface area contributed by atoms with Crippen molar-refractivity contribution in [2.24, 2.45) is 0 Å². The zero-order valence-corrected chi connectivity index (χ0v) is 12.7. The Morgan fingerprint density at radius 3 is 2.53 bits per heavy atom. The lowest BCUT2D eigenvalue weighted by molar-refractivity contribution is 0.0976. The summed E-state index contributed by atoms with van der Waals surface area (Å²) in [6.45, 7) is 6.51. The summed E-state index contributed by atoms with van der Waals surface area (Å²) in [5.41, 5.74) is 1.04. The average Bonchev–Trinajstić information content (AvgIpc) is 2.81. The smallest absolute Gasteiger partial charge is 0.186 e. The number of nitrogens with zero attached hydrogens (tertiary/aromatic N) is 3. The Bertz CT molecular complexity index is 487. The van der Waals surface area contributed by atoms with Gasteiger partial charge in [0, 0.05) is 31.6 Å². The van der Waals surface area contributed by atoms with E-state index in [2.05, 4.69) is 30.7 Å². The fraction of sp³-hybridized carbons (Fsp3) is 0.714. The molecule has 2 atom stereocenters. The number of likely N-dealkylation sites (N-methyl/N-ethyl adjacent to an activating group) is 1. The minimum atomic E-state index is 0.292. The van der Waals surface area contributed by atoms with E-state index in [0.717, 1.165) is 41.6 Å². The Balaban J connectivity index is 1.85. The maximum absolute atomic E-state index is 11.9. The number of aromatic nitrogens is 1. The second-order valence-corrected chi connectivity index (χ2v) is 6.80. The molecule has 1 saturated heterocycles. The van der Waals surface area contributed by atoms with Gasteiger partial charge in [-0.05, 0) is 33.7 Å². The summed E-state index contributed by atoms with van der Waals surface area (Å²) in [4.78, 5) is 22.3. The van der Waals surface area contributed by atoms with E-state index in [1.54, 1.807) is 11.3 Å². The molecular weight excluding hydrogens is 258 g/mol. The Kier molecular flexibility index (Phi) is 3.35. The highest BCUT2D eigenvalue weighted by atomic mass is 32.1.